The van der Waals surface area contributed by atoms with Crippen molar-refractivity contribution in [2.45, 2.75) is 32.1 Å². The molecule has 0 radical (unpaired) electrons. The monoisotopic (exact) mass is 529 g/mol. The maximum Gasteiger partial charge on any atom is 0.417 e. The van der Waals surface area contributed by atoms with Crippen molar-refractivity contribution in [3.8, 4) is 28.4 Å². The van der Waals surface area contributed by atoms with Crippen molar-refractivity contribution in [1.82, 2.24) is 20.1 Å². The summed E-state index contributed by atoms with van der Waals surface area (Å²) in [6.45, 7) is 0.705. The molecule has 0 bridgehead atoms. The Bertz CT molecular complexity index is 1520. The summed E-state index contributed by atoms with van der Waals surface area (Å²) in [4.78, 5) is 7.29. The number of fused-ring (bicyclic) bond motifs is 1. The maximum atomic E-state index is 14.2. The summed E-state index contributed by atoms with van der Waals surface area (Å²) in [5.74, 6) is -0.983. The summed E-state index contributed by atoms with van der Waals surface area (Å²) in [6.07, 6.45) is -1.08. The van der Waals surface area contributed by atoms with E-state index in [-0.39, 0.29) is 47.2 Å². The predicted octanol–water partition coefficient (Wildman–Crippen LogP) is 6.17. The number of aromatic nitrogens is 3. The zero-order valence-electron chi connectivity index (χ0n) is 19.7. The Morgan fingerprint density at radius 1 is 1.08 bits per heavy atom. The van der Waals surface area contributed by atoms with E-state index < -0.39 is 23.4 Å². The molecule has 38 heavy (non-hydrogen) atoms. The lowest BCUT2D eigenvalue weighted by atomic mass is 10.0. The normalized spacial score (nSPS) is 15.1. The minimum Gasteiger partial charge on any atom is -0.493 e. The van der Waals surface area contributed by atoms with Gasteiger partial charge in [0.15, 0.2) is 17.4 Å². The average Bonchev–Trinajstić information content (AvgIpc) is 3.44. The van der Waals surface area contributed by atoms with Crippen molar-refractivity contribution < 1.29 is 31.2 Å². The second-order valence-electron chi connectivity index (χ2n) is 9.25. The zero-order valence-corrected chi connectivity index (χ0v) is 19.7. The number of rotatable bonds is 7. The highest BCUT2D eigenvalue weighted by Crippen LogP contribution is 2.39. The Balaban J connectivity index is 1.18. The number of alkyl halides is 3. The van der Waals surface area contributed by atoms with E-state index in [0.29, 0.717) is 23.9 Å². The molecule has 12 heteroatoms. The maximum absolute atomic E-state index is 14.2. The molecule has 0 unspecified atom stereocenters. The van der Waals surface area contributed by atoms with Gasteiger partial charge in [-0.15, -0.1) is 0 Å². The van der Waals surface area contributed by atoms with Crippen LogP contribution in [0.3, 0.4) is 0 Å². The number of hydrogen-bond acceptors (Lipinski definition) is 6. The highest BCUT2D eigenvalue weighted by molar-refractivity contribution is 5.80. The van der Waals surface area contributed by atoms with Crippen LogP contribution in [0.1, 0.15) is 35.6 Å². The largest absolute Gasteiger partial charge is 0.493 e. The van der Waals surface area contributed by atoms with Gasteiger partial charge in [-0.2, -0.15) is 18.3 Å². The van der Waals surface area contributed by atoms with Gasteiger partial charge in [0.25, 0.3) is 0 Å². The van der Waals surface area contributed by atoms with Crippen molar-refractivity contribution in [2.75, 3.05) is 6.61 Å². The quantitative estimate of drug-likeness (QED) is 0.290. The topological polar surface area (TPSA) is 79.5 Å². The van der Waals surface area contributed by atoms with Gasteiger partial charge >= 0.3 is 6.18 Å². The second kappa shape index (κ2) is 9.26. The van der Waals surface area contributed by atoms with Crippen LogP contribution in [0, 0.1) is 17.6 Å². The SMILES string of the molecule is Fc1cccc(-c2nc3c([nH]2)C=NN(Cc2cc(-c4ccc(OCC5CC5)cc4C(F)(F)F)no2)C3)c1F. The molecule has 6 rings (SSSR count). The molecule has 1 aliphatic heterocycles. The first-order chi connectivity index (χ1) is 18.2. The van der Waals surface area contributed by atoms with Crippen LogP contribution in [0.2, 0.25) is 0 Å². The second-order valence-corrected chi connectivity index (χ2v) is 9.25. The third-order valence-electron chi connectivity index (χ3n) is 6.35. The van der Waals surface area contributed by atoms with Crippen LogP contribution in [0.15, 0.2) is 52.1 Å². The summed E-state index contributed by atoms with van der Waals surface area (Å²) < 4.78 is 80.1. The van der Waals surface area contributed by atoms with E-state index in [1.165, 1.54) is 36.5 Å². The molecule has 2 aromatic heterocycles. The summed E-state index contributed by atoms with van der Waals surface area (Å²) in [6, 6.07) is 9.05. The Morgan fingerprint density at radius 2 is 1.92 bits per heavy atom. The number of imidazole rings is 1. The lowest BCUT2D eigenvalue weighted by Gasteiger charge is -2.19. The van der Waals surface area contributed by atoms with E-state index in [2.05, 4.69) is 20.2 Å². The van der Waals surface area contributed by atoms with E-state index >= 15 is 0 Å². The van der Waals surface area contributed by atoms with Crippen LogP contribution in [-0.2, 0) is 19.3 Å². The Kier molecular flexibility index (Phi) is 5.88. The van der Waals surface area contributed by atoms with Gasteiger partial charge < -0.3 is 14.2 Å². The summed E-state index contributed by atoms with van der Waals surface area (Å²) >= 11 is 0. The molecule has 0 atom stereocenters. The van der Waals surface area contributed by atoms with Crippen molar-refractivity contribution in [1.29, 1.82) is 0 Å². The fourth-order valence-corrected chi connectivity index (χ4v) is 4.18. The highest BCUT2D eigenvalue weighted by Gasteiger charge is 2.35. The molecule has 0 spiro atoms. The molecular weight excluding hydrogens is 509 g/mol. The van der Waals surface area contributed by atoms with E-state index in [1.54, 1.807) is 5.01 Å². The molecule has 1 aliphatic carbocycles. The molecule has 4 aromatic rings. The van der Waals surface area contributed by atoms with Crippen LogP contribution in [0.25, 0.3) is 22.6 Å². The lowest BCUT2D eigenvalue weighted by Crippen LogP contribution is -2.21. The minimum atomic E-state index is -4.61. The van der Waals surface area contributed by atoms with Crippen molar-refractivity contribution >= 4 is 6.21 Å². The van der Waals surface area contributed by atoms with Crippen LogP contribution in [-0.4, -0.2) is 33.0 Å². The fraction of sp³-hybridized carbons (Fsp3) is 0.269. The molecule has 0 amide bonds. The number of halogens is 5. The van der Waals surface area contributed by atoms with Gasteiger partial charge in [-0.1, -0.05) is 11.2 Å². The highest BCUT2D eigenvalue weighted by atomic mass is 19.4. The van der Waals surface area contributed by atoms with E-state index in [4.69, 9.17) is 9.26 Å². The molecular formula is C26H20F5N5O2. The predicted molar refractivity (Wildman–Crippen MR) is 126 cm³/mol. The third kappa shape index (κ3) is 4.85. The number of nitrogens with zero attached hydrogens (tertiary/aromatic N) is 4. The van der Waals surface area contributed by atoms with Gasteiger partial charge in [0.05, 0.1) is 48.4 Å². The Morgan fingerprint density at radius 3 is 2.71 bits per heavy atom. The Hall–Kier alpha value is -4.22. The standard InChI is InChI=1S/C26H20F5N5O2/c27-20-3-1-2-18(24(20)28)25-33-22-10-32-36(12-23(22)34-25)11-16-9-21(35-38-16)17-7-6-15(37-13-14-4-5-14)8-19(17)26(29,30)31/h1-3,6-10,14H,4-5,11-13H2,(H,33,34). The molecule has 1 N–H and O–H groups in total. The van der Waals surface area contributed by atoms with Gasteiger partial charge in [0.1, 0.15) is 17.3 Å². The number of benzene rings is 2. The first-order valence-electron chi connectivity index (χ1n) is 11.9. The number of hydrazone groups is 1. The molecule has 3 heterocycles. The van der Waals surface area contributed by atoms with Crippen LogP contribution < -0.4 is 4.74 Å². The van der Waals surface area contributed by atoms with Crippen LogP contribution in [0.4, 0.5) is 22.0 Å². The first-order valence-corrected chi connectivity index (χ1v) is 11.9. The number of H-pyrrole nitrogens is 1. The lowest BCUT2D eigenvalue weighted by molar-refractivity contribution is -0.137. The first kappa shape index (κ1) is 24.1. The van der Waals surface area contributed by atoms with Gasteiger partial charge in [-0.3, -0.25) is 5.01 Å². The average molecular weight is 529 g/mol. The third-order valence-corrected chi connectivity index (χ3v) is 6.35. The van der Waals surface area contributed by atoms with E-state index in [1.807, 2.05) is 0 Å². The Labute approximate surface area is 212 Å². The minimum absolute atomic E-state index is 0.0105. The molecule has 1 fully saturated rings. The number of ether oxygens (including phenoxy) is 1. The van der Waals surface area contributed by atoms with Crippen LogP contribution >= 0.6 is 0 Å². The summed E-state index contributed by atoms with van der Waals surface area (Å²) in [7, 11) is 0. The van der Waals surface area contributed by atoms with Crippen LogP contribution in [0.5, 0.6) is 5.75 Å². The van der Waals surface area contributed by atoms with E-state index in [0.717, 1.165) is 25.0 Å². The molecule has 1 saturated carbocycles. The van der Waals surface area contributed by atoms with Gasteiger partial charge in [-0.25, -0.2) is 13.8 Å². The van der Waals surface area contributed by atoms with Gasteiger partial charge in [0, 0.05) is 11.6 Å². The molecule has 2 aliphatic rings. The molecule has 2 aromatic carbocycles. The van der Waals surface area contributed by atoms with E-state index in [9.17, 15) is 22.0 Å². The van der Waals surface area contributed by atoms with Gasteiger partial charge in [-0.05, 0) is 49.1 Å². The number of aromatic amines is 1. The summed E-state index contributed by atoms with van der Waals surface area (Å²) in [5, 5.41) is 9.71. The van der Waals surface area contributed by atoms with Crippen molar-refractivity contribution in [3.05, 3.63) is 76.8 Å². The number of nitrogens with one attached hydrogen (secondary N) is 1. The smallest absolute Gasteiger partial charge is 0.417 e. The zero-order chi connectivity index (χ0) is 26.4. The molecule has 196 valence electrons. The molecule has 7 nitrogen and oxygen atoms in total. The van der Waals surface area contributed by atoms with Crippen molar-refractivity contribution in [2.24, 2.45) is 11.0 Å². The summed E-state index contributed by atoms with van der Waals surface area (Å²) in [5.41, 5.74) is 0.122. The van der Waals surface area contributed by atoms with Crippen molar-refractivity contribution in [3.63, 3.8) is 0 Å². The number of hydrogen-bond donors (Lipinski definition) is 1. The van der Waals surface area contributed by atoms with Gasteiger partial charge in [0.2, 0.25) is 0 Å². The molecule has 0 saturated heterocycles. The fourth-order valence-electron chi connectivity index (χ4n) is 4.18.